The van der Waals surface area contributed by atoms with Gasteiger partial charge in [0.25, 0.3) is 10.0 Å². The van der Waals surface area contributed by atoms with Gasteiger partial charge in [-0.1, -0.05) is 6.07 Å². The molecule has 1 atom stereocenters. The molecule has 0 saturated heterocycles. The summed E-state index contributed by atoms with van der Waals surface area (Å²) in [6.07, 6.45) is -5.11. The van der Waals surface area contributed by atoms with Crippen molar-refractivity contribution < 1.29 is 40.3 Å². The lowest BCUT2D eigenvalue weighted by atomic mass is 9.96. The van der Waals surface area contributed by atoms with Crippen LogP contribution in [0.25, 0.3) is 11.0 Å². The van der Waals surface area contributed by atoms with Crippen molar-refractivity contribution in [3.8, 4) is 11.5 Å². The largest absolute Gasteiger partial charge is 0.489 e. The molecule has 8 nitrogen and oxygen atoms in total. The lowest BCUT2D eigenvalue weighted by Crippen LogP contribution is -2.34. The lowest BCUT2D eigenvalue weighted by molar-refractivity contribution is -0.189. The Hall–Kier alpha value is -3.41. The lowest BCUT2D eigenvalue weighted by Gasteiger charge is -2.28. The van der Waals surface area contributed by atoms with Crippen molar-refractivity contribution in [2.24, 2.45) is 0 Å². The third kappa shape index (κ3) is 5.38. The number of alkyl halides is 3. The summed E-state index contributed by atoms with van der Waals surface area (Å²) < 4.78 is 84.2. The second-order valence-electron chi connectivity index (χ2n) is 8.72. The second-order valence-corrected chi connectivity index (χ2v) is 10.3. The molecule has 194 valence electrons. The SMILES string of the molecule is C[C@@H](Oc1cccc(OC2CCC2)c1S(=O)(=O)NC(=O)c1cc2ccc(N(C)C)cc2o1)C(F)(F)F. The molecule has 1 amide bonds. The first kappa shape index (κ1) is 25.7. The van der Waals surface area contributed by atoms with Gasteiger partial charge < -0.3 is 18.8 Å². The second kappa shape index (κ2) is 9.57. The summed E-state index contributed by atoms with van der Waals surface area (Å²) >= 11 is 0. The fourth-order valence-electron chi connectivity index (χ4n) is 3.50. The number of rotatable bonds is 8. The van der Waals surface area contributed by atoms with Gasteiger partial charge >= 0.3 is 12.1 Å². The van der Waals surface area contributed by atoms with E-state index in [9.17, 15) is 26.4 Å². The zero-order valence-electron chi connectivity index (χ0n) is 19.8. The Morgan fingerprint density at radius 3 is 2.44 bits per heavy atom. The number of nitrogens with zero attached hydrogens (tertiary/aromatic N) is 1. The molecule has 4 rings (SSSR count). The average molecular weight is 527 g/mol. The maximum absolute atomic E-state index is 13.3. The molecule has 0 bridgehead atoms. The van der Waals surface area contributed by atoms with Crippen molar-refractivity contribution in [3.05, 3.63) is 48.2 Å². The van der Waals surface area contributed by atoms with Crippen LogP contribution in [-0.4, -0.2) is 46.8 Å². The number of hydrogen-bond acceptors (Lipinski definition) is 7. The number of hydrogen-bond donors (Lipinski definition) is 1. The molecule has 1 fully saturated rings. The summed E-state index contributed by atoms with van der Waals surface area (Å²) in [6, 6.07) is 10.3. The van der Waals surface area contributed by atoms with Gasteiger partial charge in [0.15, 0.2) is 16.8 Å². The van der Waals surface area contributed by atoms with Crippen LogP contribution in [-0.2, 0) is 10.0 Å². The van der Waals surface area contributed by atoms with Gasteiger partial charge in [-0.15, -0.1) is 0 Å². The smallest absolute Gasteiger partial charge is 0.425 e. The maximum atomic E-state index is 13.3. The molecular formula is C24H25F3N2O6S. The van der Waals surface area contributed by atoms with Crippen LogP contribution < -0.4 is 19.1 Å². The predicted octanol–water partition coefficient (Wildman–Crippen LogP) is 4.88. The number of benzene rings is 2. The first-order chi connectivity index (χ1) is 16.8. The summed E-state index contributed by atoms with van der Waals surface area (Å²) in [5.41, 5.74) is 1.17. The van der Waals surface area contributed by atoms with E-state index in [0.717, 1.165) is 25.1 Å². The van der Waals surface area contributed by atoms with Crippen molar-refractivity contribution >= 4 is 32.6 Å². The Labute approximate surface area is 206 Å². The van der Waals surface area contributed by atoms with E-state index >= 15 is 0 Å². The zero-order valence-corrected chi connectivity index (χ0v) is 20.6. The number of nitrogens with one attached hydrogen (secondary N) is 1. The Morgan fingerprint density at radius 2 is 1.83 bits per heavy atom. The van der Waals surface area contributed by atoms with Gasteiger partial charge in [-0.25, -0.2) is 13.1 Å². The fourth-order valence-corrected chi connectivity index (χ4v) is 4.71. The molecule has 1 aromatic heterocycles. The highest BCUT2D eigenvalue weighted by Crippen LogP contribution is 2.38. The van der Waals surface area contributed by atoms with E-state index < -0.39 is 38.9 Å². The number of sulfonamides is 1. The molecule has 1 saturated carbocycles. The molecule has 1 aliphatic carbocycles. The topological polar surface area (TPSA) is 98.1 Å². The molecule has 1 aliphatic rings. The van der Waals surface area contributed by atoms with Crippen LogP contribution in [0.2, 0.25) is 0 Å². The van der Waals surface area contributed by atoms with Gasteiger partial charge in [-0.2, -0.15) is 13.2 Å². The van der Waals surface area contributed by atoms with Crippen molar-refractivity contribution in [3.63, 3.8) is 0 Å². The Balaban J connectivity index is 1.68. The average Bonchev–Trinajstić information content (AvgIpc) is 3.19. The highest BCUT2D eigenvalue weighted by molar-refractivity contribution is 7.90. The Bertz CT molecular complexity index is 1380. The highest BCUT2D eigenvalue weighted by atomic mass is 32.2. The number of halogens is 3. The molecule has 2 aromatic carbocycles. The van der Waals surface area contributed by atoms with Crippen molar-refractivity contribution in [1.82, 2.24) is 4.72 Å². The summed E-state index contributed by atoms with van der Waals surface area (Å²) in [5.74, 6) is -2.16. The number of fused-ring (bicyclic) bond motifs is 1. The van der Waals surface area contributed by atoms with Crippen LogP contribution in [0, 0.1) is 0 Å². The van der Waals surface area contributed by atoms with E-state index in [1.54, 1.807) is 18.2 Å². The number of ether oxygens (including phenoxy) is 2. The number of carbonyl (C=O) groups excluding carboxylic acids is 1. The summed E-state index contributed by atoms with van der Waals surface area (Å²) in [6.45, 7) is 0.755. The van der Waals surface area contributed by atoms with E-state index in [1.807, 2.05) is 23.7 Å². The van der Waals surface area contributed by atoms with E-state index in [-0.39, 0.29) is 17.6 Å². The highest BCUT2D eigenvalue weighted by Gasteiger charge is 2.40. The first-order valence-corrected chi connectivity index (χ1v) is 12.6. The Kier molecular flexibility index (Phi) is 6.82. The van der Waals surface area contributed by atoms with Crippen LogP contribution in [0.5, 0.6) is 11.5 Å². The van der Waals surface area contributed by atoms with Crippen LogP contribution in [0.15, 0.2) is 51.8 Å². The van der Waals surface area contributed by atoms with Gasteiger partial charge in [0.05, 0.1) is 6.10 Å². The van der Waals surface area contributed by atoms with Gasteiger partial charge in [0.2, 0.25) is 0 Å². The first-order valence-electron chi connectivity index (χ1n) is 11.2. The molecule has 3 aromatic rings. The van der Waals surface area contributed by atoms with Crippen LogP contribution in [0.3, 0.4) is 0 Å². The molecule has 1 heterocycles. The molecule has 0 radical (unpaired) electrons. The zero-order chi connectivity index (χ0) is 26.3. The minimum absolute atomic E-state index is 0.202. The van der Waals surface area contributed by atoms with Crippen LogP contribution in [0.1, 0.15) is 36.7 Å². The quantitative estimate of drug-likeness (QED) is 0.447. The number of amides is 1. The standard InChI is InChI=1S/C24H25F3N2O6S/c1-14(24(25,26)27)33-18-8-5-9-19(34-17-6-4-7-17)22(18)36(31,32)28-23(30)21-12-15-10-11-16(29(2)3)13-20(15)35-21/h5,8-14,17H,4,6-7H2,1-3H3,(H,28,30)/t14-/m1/s1. The summed E-state index contributed by atoms with van der Waals surface area (Å²) in [4.78, 5) is 14.0. The van der Waals surface area contributed by atoms with E-state index in [2.05, 4.69) is 0 Å². The molecule has 0 unspecified atom stereocenters. The van der Waals surface area contributed by atoms with Gasteiger partial charge in [-0.3, -0.25) is 4.79 Å². The minimum atomic E-state index is -4.74. The fraction of sp³-hybridized carbons (Fsp3) is 0.375. The van der Waals surface area contributed by atoms with Crippen molar-refractivity contribution in [2.45, 2.75) is 49.5 Å². The molecule has 0 spiro atoms. The number of carbonyl (C=O) groups is 1. The van der Waals surface area contributed by atoms with Gasteiger partial charge in [0, 0.05) is 31.2 Å². The van der Waals surface area contributed by atoms with Gasteiger partial charge in [0.1, 0.15) is 17.1 Å². The molecule has 0 aliphatic heterocycles. The third-order valence-corrected chi connectivity index (χ3v) is 7.19. The molecular weight excluding hydrogens is 501 g/mol. The van der Waals surface area contributed by atoms with Crippen molar-refractivity contribution in [1.29, 1.82) is 0 Å². The minimum Gasteiger partial charge on any atom is -0.489 e. The van der Waals surface area contributed by atoms with Crippen LogP contribution in [0.4, 0.5) is 18.9 Å². The Morgan fingerprint density at radius 1 is 1.14 bits per heavy atom. The van der Waals surface area contributed by atoms with Crippen molar-refractivity contribution in [2.75, 3.05) is 19.0 Å². The van der Waals surface area contributed by atoms with Crippen LogP contribution >= 0.6 is 0 Å². The summed E-state index contributed by atoms with van der Waals surface area (Å²) in [7, 11) is -1.08. The number of furan rings is 1. The third-order valence-electron chi connectivity index (χ3n) is 5.79. The maximum Gasteiger partial charge on any atom is 0.425 e. The van der Waals surface area contributed by atoms with E-state index in [0.29, 0.717) is 23.8 Å². The molecule has 36 heavy (non-hydrogen) atoms. The van der Waals surface area contributed by atoms with Gasteiger partial charge in [-0.05, 0) is 56.5 Å². The van der Waals surface area contributed by atoms with E-state index in [1.165, 1.54) is 18.2 Å². The molecule has 1 N–H and O–H groups in total. The predicted molar refractivity (Wildman–Crippen MR) is 126 cm³/mol. The summed E-state index contributed by atoms with van der Waals surface area (Å²) in [5, 5.41) is 0.569. The molecule has 12 heteroatoms. The monoisotopic (exact) mass is 526 g/mol. The number of anilines is 1. The normalized spacial score (nSPS) is 15.3. The van der Waals surface area contributed by atoms with E-state index in [4.69, 9.17) is 13.9 Å².